The minimum atomic E-state index is -3.76. The van der Waals surface area contributed by atoms with Gasteiger partial charge in [-0.05, 0) is 48.5 Å². The summed E-state index contributed by atoms with van der Waals surface area (Å²) in [6, 6.07) is 19.8. The summed E-state index contributed by atoms with van der Waals surface area (Å²) in [5.41, 5.74) is 3.48. The van der Waals surface area contributed by atoms with E-state index in [2.05, 4.69) is 5.10 Å². The van der Waals surface area contributed by atoms with Crippen LogP contribution in [0.15, 0.2) is 99.8 Å². The Morgan fingerprint density at radius 1 is 0.968 bits per heavy atom. The number of rotatable bonds is 5. The summed E-state index contributed by atoms with van der Waals surface area (Å²) < 4.78 is 30.6. The van der Waals surface area contributed by atoms with Gasteiger partial charge in [0.05, 0.1) is 34.8 Å². The second kappa shape index (κ2) is 7.53. The molecule has 0 bridgehead atoms. The lowest BCUT2D eigenvalue weighted by atomic mass is 10.0. The fourth-order valence-electron chi connectivity index (χ4n) is 3.62. The fraction of sp³-hybridized carbons (Fsp3) is 0.0909. The van der Waals surface area contributed by atoms with Crippen molar-refractivity contribution in [3.05, 3.63) is 96.7 Å². The number of hydrazone groups is 1. The predicted molar refractivity (Wildman–Crippen MR) is 116 cm³/mol. The Morgan fingerprint density at radius 2 is 1.74 bits per heavy atom. The van der Waals surface area contributed by atoms with Crippen LogP contribution in [0.3, 0.4) is 0 Å². The quantitative estimate of drug-likeness (QED) is 0.519. The highest BCUT2D eigenvalue weighted by Gasteiger charge is 2.32. The standard InChI is InChI=1S/C22H19N5O3S/c23-31(28,29)19-10-8-18(9-11-19)27-21(13-20(25-27)22-7-4-12-30-22)16-14-24-26(15-16)17-5-2-1-3-6-17/h1-12,14-15,21H,13H2,(H2,23,28,29). The lowest BCUT2D eigenvalue weighted by molar-refractivity contribution is 0.556. The van der Waals surface area contributed by atoms with Gasteiger partial charge in [0.1, 0.15) is 11.5 Å². The number of anilines is 1. The molecule has 9 heteroatoms. The summed E-state index contributed by atoms with van der Waals surface area (Å²) in [6.07, 6.45) is 6.03. The van der Waals surface area contributed by atoms with Gasteiger partial charge in [0.15, 0.2) is 0 Å². The van der Waals surface area contributed by atoms with Gasteiger partial charge in [0.2, 0.25) is 10.0 Å². The van der Waals surface area contributed by atoms with Crippen molar-refractivity contribution in [2.24, 2.45) is 10.2 Å². The number of hydrogen-bond donors (Lipinski definition) is 1. The molecule has 5 rings (SSSR count). The van der Waals surface area contributed by atoms with Crippen LogP contribution in [-0.2, 0) is 10.0 Å². The van der Waals surface area contributed by atoms with Crippen molar-refractivity contribution in [1.29, 1.82) is 0 Å². The summed E-state index contributed by atoms with van der Waals surface area (Å²) in [7, 11) is -3.76. The molecule has 3 heterocycles. The highest BCUT2D eigenvalue weighted by Crippen LogP contribution is 2.37. The zero-order valence-electron chi connectivity index (χ0n) is 16.4. The monoisotopic (exact) mass is 433 g/mol. The maximum Gasteiger partial charge on any atom is 0.238 e. The van der Waals surface area contributed by atoms with E-state index in [1.807, 2.05) is 64.5 Å². The summed E-state index contributed by atoms with van der Waals surface area (Å²) in [5.74, 6) is 0.698. The zero-order valence-corrected chi connectivity index (χ0v) is 17.2. The number of hydrogen-bond acceptors (Lipinski definition) is 6. The van der Waals surface area contributed by atoms with Crippen LogP contribution in [0, 0.1) is 0 Å². The number of nitrogens with zero attached hydrogens (tertiary/aromatic N) is 4. The Labute approximate surface area is 179 Å². The highest BCUT2D eigenvalue weighted by molar-refractivity contribution is 7.89. The van der Waals surface area contributed by atoms with Crippen molar-refractivity contribution in [3.63, 3.8) is 0 Å². The number of primary sulfonamides is 1. The third-order valence-corrected chi connectivity index (χ3v) is 6.08. The van der Waals surface area contributed by atoms with Crippen molar-refractivity contribution in [2.75, 3.05) is 5.01 Å². The first-order valence-corrected chi connectivity index (χ1v) is 11.2. The molecule has 4 aromatic rings. The van der Waals surface area contributed by atoms with Gasteiger partial charge < -0.3 is 4.42 Å². The number of nitrogens with two attached hydrogens (primary N) is 1. The van der Waals surface area contributed by atoms with E-state index >= 15 is 0 Å². The van der Waals surface area contributed by atoms with Gasteiger partial charge in [-0.3, -0.25) is 5.01 Å². The maximum absolute atomic E-state index is 11.6. The van der Waals surface area contributed by atoms with E-state index < -0.39 is 10.0 Å². The number of aromatic nitrogens is 2. The molecule has 1 aliphatic rings. The molecule has 0 saturated carbocycles. The first kappa shape index (κ1) is 19.3. The lowest BCUT2D eigenvalue weighted by Gasteiger charge is -2.22. The first-order chi connectivity index (χ1) is 15.0. The number of sulfonamides is 1. The fourth-order valence-corrected chi connectivity index (χ4v) is 4.13. The van der Waals surface area contributed by atoms with Gasteiger partial charge in [0, 0.05) is 18.2 Å². The molecule has 0 fully saturated rings. The van der Waals surface area contributed by atoms with E-state index in [9.17, 15) is 8.42 Å². The molecule has 156 valence electrons. The van der Waals surface area contributed by atoms with Crippen LogP contribution in [0.25, 0.3) is 5.69 Å². The van der Waals surface area contributed by atoms with Crippen molar-refractivity contribution in [2.45, 2.75) is 17.4 Å². The highest BCUT2D eigenvalue weighted by atomic mass is 32.2. The van der Waals surface area contributed by atoms with Gasteiger partial charge in [-0.1, -0.05) is 18.2 Å². The van der Waals surface area contributed by atoms with Crippen molar-refractivity contribution < 1.29 is 12.8 Å². The topological polar surface area (TPSA) is 107 Å². The van der Waals surface area contributed by atoms with E-state index in [1.165, 1.54) is 12.1 Å². The normalized spacial score (nSPS) is 16.5. The molecule has 0 radical (unpaired) electrons. The Bertz CT molecular complexity index is 1330. The summed E-state index contributed by atoms with van der Waals surface area (Å²) in [5, 5.41) is 16.4. The summed E-state index contributed by atoms with van der Waals surface area (Å²) in [4.78, 5) is 0.0548. The summed E-state index contributed by atoms with van der Waals surface area (Å²) >= 11 is 0. The molecule has 1 aliphatic heterocycles. The lowest BCUT2D eigenvalue weighted by Crippen LogP contribution is -2.18. The van der Waals surface area contributed by atoms with Crippen molar-refractivity contribution >= 4 is 21.4 Å². The molecule has 2 aromatic carbocycles. The van der Waals surface area contributed by atoms with Crippen LogP contribution in [-0.4, -0.2) is 23.9 Å². The van der Waals surface area contributed by atoms with E-state index in [4.69, 9.17) is 14.7 Å². The minimum absolute atomic E-state index is 0.0548. The van der Waals surface area contributed by atoms with E-state index in [0.29, 0.717) is 12.2 Å². The van der Waals surface area contributed by atoms with Crippen LogP contribution in [0.4, 0.5) is 5.69 Å². The molecule has 0 saturated heterocycles. The predicted octanol–water partition coefficient (Wildman–Crippen LogP) is 3.47. The molecule has 2 aromatic heterocycles. The average Bonchev–Trinajstić information content (AvgIpc) is 3.54. The van der Waals surface area contributed by atoms with Gasteiger partial charge in [-0.25, -0.2) is 18.2 Å². The molecule has 2 N–H and O–H groups in total. The molecular formula is C22H19N5O3S. The van der Waals surface area contributed by atoms with Gasteiger partial charge in [-0.2, -0.15) is 10.2 Å². The zero-order chi connectivity index (χ0) is 21.4. The summed E-state index contributed by atoms with van der Waals surface area (Å²) in [6.45, 7) is 0. The second-order valence-corrected chi connectivity index (χ2v) is 8.74. The number of benzene rings is 2. The third-order valence-electron chi connectivity index (χ3n) is 5.15. The van der Waals surface area contributed by atoms with Crippen molar-refractivity contribution in [1.82, 2.24) is 9.78 Å². The molecule has 0 aliphatic carbocycles. The maximum atomic E-state index is 11.6. The second-order valence-electron chi connectivity index (χ2n) is 7.18. The van der Waals surface area contributed by atoms with Crippen LogP contribution >= 0.6 is 0 Å². The SMILES string of the molecule is NS(=O)(=O)c1ccc(N2N=C(c3ccco3)CC2c2cnn(-c3ccccc3)c2)cc1. The van der Waals surface area contributed by atoms with Gasteiger partial charge >= 0.3 is 0 Å². The first-order valence-electron chi connectivity index (χ1n) is 9.62. The van der Waals surface area contributed by atoms with E-state index in [1.54, 1.807) is 18.4 Å². The Kier molecular flexibility index (Phi) is 4.68. The molecule has 1 atom stereocenters. The molecule has 1 unspecified atom stereocenters. The molecule has 8 nitrogen and oxygen atoms in total. The molecule has 0 spiro atoms. The van der Waals surface area contributed by atoms with Crippen LogP contribution in [0.2, 0.25) is 0 Å². The number of furan rings is 1. The van der Waals surface area contributed by atoms with Crippen LogP contribution < -0.4 is 10.1 Å². The Balaban J connectivity index is 1.52. The average molecular weight is 433 g/mol. The number of para-hydroxylation sites is 1. The van der Waals surface area contributed by atoms with Gasteiger partial charge in [-0.15, -0.1) is 0 Å². The smallest absolute Gasteiger partial charge is 0.238 e. The van der Waals surface area contributed by atoms with Crippen LogP contribution in [0.1, 0.15) is 23.8 Å². The molecule has 0 amide bonds. The largest absolute Gasteiger partial charge is 0.463 e. The van der Waals surface area contributed by atoms with Crippen molar-refractivity contribution in [3.8, 4) is 5.69 Å². The minimum Gasteiger partial charge on any atom is -0.463 e. The van der Waals surface area contributed by atoms with E-state index in [0.717, 1.165) is 22.6 Å². The van der Waals surface area contributed by atoms with E-state index in [-0.39, 0.29) is 10.9 Å². The Hall–Kier alpha value is -3.69. The molecular weight excluding hydrogens is 414 g/mol. The van der Waals surface area contributed by atoms with Gasteiger partial charge in [0.25, 0.3) is 0 Å². The Morgan fingerprint density at radius 3 is 2.42 bits per heavy atom. The third kappa shape index (κ3) is 3.76. The molecule has 31 heavy (non-hydrogen) atoms. The van der Waals surface area contributed by atoms with Crippen LogP contribution in [0.5, 0.6) is 0 Å².